The zero-order valence-electron chi connectivity index (χ0n) is 18.1. The van der Waals surface area contributed by atoms with E-state index in [1.54, 1.807) is 18.0 Å². The van der Waals surface area contributed by atoms with E-state index < -0.39 is 0 Å². The molecule has 4 rings (SSSR count). The van der Waals surface area contributed by atoms with Crippen molar-refractivity contribution in [3.63, 3.8) is 0 Å². The minimum absolute atomic E-state index is 0.102. The van der Waals surface area contributed by atoms with Gasteiger partial charge in [-0.05, 0) is 44.0 Å². The van der Waals surface area contributed by atoms with Crippen LogP contribution in [-0.2, 0) is 0 Å². The van der Waals surface area contributed by atoms with Crippen molar-refractivity contribution >= 4 is 22.9 Å². The highest BCUT2D eigenvalue weighted by Gasteiger charge is 2.25. The minimum Gasteiger partial charge on any atom is -0.497 e. The van der Waals surface area contributed by atoms with E-state index in [-0.39, 0.29) is 17.9 Å². The van der Waals surface area contributed by atoms with Crippen molar-refractivity contribution in [3.05, 3.63) is 58.1 Å². The summed E-state index contributed by atoms with van der Waals surface area (Å²) in [6, 6.07) is 9.23. The maximum absolute atomic E-state index is 12.8. The molecule has 1 aromatic carbocycles. The van der Waals surface area contributed by atoms with E-state index in [0.29, 0.717) is 16.3 Å². The standard InChI is InChI=1S/C22H24N6O2S/c1-12(2)19(26-22(29)20-13(3)24-14(4)31-20)21-25-18-10-17(23-11-28(18)27-21)15-6-8-16(30-5)9-7-15/h6-12,19H,1-5H3,(H,26,29)/t19-/m0/s1. The molecule has 0 spiro atoms. The Hall–Kier alpha value is -3.33. The lowest BCUT2D eigenvalue weighted by molar-refractivity contribution is 0.0926. The summed E-state index contributed by atoms with van der Waals surface area (Å²) >= 11 is 1.39. The molecule has 8 nitrogen and oxygen atoms in total. The number of carbonyl (C=O) groups is 1. The van der Waals surface area contributed by atoms with Gasteiger partial charge >= 0.3 is 0 Å². The van der Waals surface area contributed by atoms with Gasteiger partial charge in [-0.1, -0.05) is 13.8 Å². The van der Waals surface area contributed by atoms with Crippen LogP contribution in [0.25, 0.3) is 16.9 Å². The van der Waals surface area contributed by atoms with Crippen LogP contribution in [0, 0.1) is 19.8 Å². The Morgan fingerprint density at radius 3 is 2.52 bits per heavy atom. The summed E-state index contributed by atoms with van der Waals surface area (Å²) in [6.45, 7) is 7.80. The molecule has 1 atom stereocenters. The number of hydrogen-bond acceptors (Lipinski definition) is 7. The third-order valence-electron chi connectivity index (χ3n) is 4.97. The van der Waals surface area contributed by atoms with Crippen LogP contribution in [0.2, 0.25) is 0 Å². The van der Waals surface area contributed by atoms with Gasteiger partial charge in [-0.2, -0.15) is 0 Å². The Kier molecular flexibility index (Phi) is 5.69. The first-order chi connectivity index (χ1) is 14.9. The average Bonchev–Trinajstić information content (AvgIpc) is 3.33. The fourth-order valence-electron chi connectivity index (χ4n) is 3.34. The average molecular weight is 437 g/mol. The van der Waals surface area contributed by atoms with E-state index in [1.807, 2.05) is 58.0 Å². The number of thiazole rings is 1. The Labute approximate surface area is 184 Å². The Bertz CT molecular complexity index is 1230. The summed E-state index contributed by atoms with van der Waals surface area (Å²) in [7, 11) is 1.64. The van der Waals surface area contributed by atoms with Gasteiger partial charge in [0.15, 0.2) is 11.5 Å². The molecule has 0 bridgehead atoms. The van der Waals surface area contributed by atoms with Crippen LogP contribution in [0.15, 0.2) is 36.7 Å². The smallest absolute Gasteiger partial charge is 0.263 e. The number of benzene rings is 1. The molecule has 1 amide bonds. The molecule has 3 heterocycles. The predicted octanol–water partition coefficient (Wildman–Crippen LogP) is 4.00. The number of amides is 1. The molecular formula is C22H24N6O2S. The molecule has 1 N–H and O–H groups in total. The Morgan fingerprint density at radius 1 is 1.16 bits per heavy atom. The second-order valence-electron chi connectivity index (χ2n) is 7.62. The highest BCUT2D eigenvalue weighted by Crippen LogP contribution is 2.25. The molecule has 3 aromatic heterocycles. The van der Waals surface area contributed by atoms with Crippen LogP contribution in [-0.4, -0.2) is 37.6 Å². The van der Waals surface area contributed by atoms with Crippen molar-refractivity contribution in [2.75, 3.05) is 7.11 Å². The van der Waals surface area contributed by atoms with Gasteiger partial charge in [-0.25, -0.2) is 19.5 Å². The monoisotopic (exact) mass is 436 g/mol. The summed E-state index contributed by atoms with van der Waals surface area (Å²) in [5.74, 6) is 1.29. The summed E-state index contributed by atoms with van der Waals surface area (Å²) in [4.78, 5) is 27.0. The van der Waals surface area contributed by atoms with Gasteiger partial charge in [0, 0.05) is 11.6 Å². The number of aryl methyl sites for hydroxylation is 2. The highest BCUT2D eigenvalue weighted by molar-refractivity contribution is 7.13. The molecular weight excluding hydrogens is 412 g/mol. The first kappa shape index (κ1) is 20.9. The van der Waals surface area contributed by atoms with Crippen LogP contribution < -0.4 is 10.1 Å². The van der Waals surface area contributed by atoms with Gasteiger partial charge in [0.05, 0.1) is 29.5 Å². The first-order valence-corrected chi connectivity index (χ1v) is 10.8. The number of nitrogens with zero attached hydrogens (tertiary/aromatic N) is 5. The number of nitrogens with one attached hydrogen (secondary N) is 1. The zero-order chi connectivity index (χ0) is 22.1. The molecule has 0 aliphatic heterocycles. The normalized spacial score (nSPS) is 12.3. The number of carbonyl (C=O) groups excluding carboxylic acids is 1. The lowest BCUT2D eigenvalue weighted by atomic mass is 10.0. The number of methoxy groups -OCH3 is 1. The molecule has 0 radical (unpaired) electrons. The zero-order valence-corrected chi connectivity index (χ0v) is 18.9. The molecule has 4 aromatic rings. The van der Waals surface area contributed by atoms with E-state index in [2.05, 4.69) is 25.4 Å². The SMILES string of the molecule is COc1ccc(-c2cc3nc([C@@H](NC(=O)c4sc(C)nc4C)C(C)C)nn3cn2)cc1. The topological polar surface area (TPSA) is 94.3 Å². The van der Waals surface area contributed by atoms with Crippen LogP contribution in [0.5, 0.6) is 5.75 Å². The quantitative estimate of drug-likeness (QED) is 0.491. The Balaban J connectivity index is 1.63. The predicted molar refractivity (Wildman–Crippen MR) is 119 cm³/mol. The Morgan fingerprint density at radius 2 is 1.90 bits per heavy atom. The van der Waals surface area contributed by atoms with E-state index in [4.69, 9.17) is 4.74 Å². The number of ether oxygens (including phenoxy) is 1. The second kappa shape index (κ2) is 8.43. The number of fused-ring (bicyclic) bond motifs is 1. The maximum atomic E-state index is 12.8. The van der Waals surface area contributed by atoms with Crippen molar-refractivity contribution in [2.24, 2.45) is 5.92 Å². The third kappa shape index (κ3) is 4.27. The second-order valence-corrected chi connectivity index (χ2v) is 8.82. The van der Waals surface area contributed by atoms with Crippen molar-refractivity contribution < 1.29 is 9.53 Å². The van der Waals surface area contributed by atoms with Gasteiger partial charge in [0.1, 0.15) is 17.0 Å². The van der Waals surface area contributed by atoms with Crippen molar-refractivity contribution in [3.8, 4) is 17.0 Å². The van der Waals surface area contributed by atoms with Crippen LogP contribution in [0.1, 0.15) is 46.1 Å². The largest absolute Gasteiger partial charge is 0.497 e. The molecule has 0 saturated heterocycles. The van der Waals surface area contributed by atoms with Gasteiger partial charge < -0.3 is 10.1 Å². The van der Waals surface area contributed by atoms with Crippen LogP contribution in [0.4, 0.5) is 0 Å². The van der Waals surface area contributed by atoms with Crippen molar-refractivity contribution in [1.29, 1.82) is 0 Å². The van der Waals surface area contributed by atoms with E-state index in [1.165, 1.54) is 11.3 Å². The van der Waals surface area contributed by atoms with Gasteiger partial charge in [-0.3, -0.25) is 4.79 Å². The molecule has 0 fully saturated rings. The summed E-state index contributed by atoms with van der Waals surface area (Å²) in [6.07, 6.45) is 1.64. The molecule has 0 saturated carbocycles. The van der Waals surface area contributed by atoms with Gasteiger partial charge in [-0.15, -0.1) is 16.4 Å². The molecule has 31 heavy (non-hydrogen) atoms. The molecule has 160 valence electrons. The highest BCUT2D eigenvalue weighted by atomic mass is 32.1. The molecule has 0 aliphatic carbocycles. The molecule has 9 heteroatoms. The minimum atomic E-state index is -0.335. The fraction of sp³-hybridized carbons (Fsp3) is 0.318. The molecule has 0 unspecified atom stereocenters. The van der Waals surface area contributed by atoms with E-state index in [0.717, 1.165) is 27.7 Å². The third-order valence-corrected chi connectivity index (χ3v) is 6.04. The lowest BCUT2D eigenvalue weighted by Gasteiger charge is -2.19. The number of hydrogen-bond donors (Lipinski definition) is 1. The van der Waals surface area contributed by atoms with Crippen LogP contribution >= 0.6 is 11.3 Å². The number of aromatic nitrogens is 5. The summed E-state index contributed by atoms with van der Waals surface area (Å²) in [5.41, 5.74) is 3.15. The van der Waals surface area contributed by atoms with Gasteiger partial charge in [0.25, 0.3) is 5.91 Å². The van der Waals surface area contributed by atoms with E-state index >= 15 is 0 Å². The van der Waals surface area contributed by atoms with Crippen molar-refractivity contribution in [1.82, 2.24) is 29.9 Å². The van der Waals surface area contributed by atoms with Crippen molar-refractivity contribution in [2.45, 2.75) is 33.7 Å². The van der Waals surface area contributed by atoms with E-state index in [9.17, 15) is 4.79 Å². The number of rotatable bonds is 6. The first-order valence-electron chi connectivity index (χ1n) is 9.97. The van der Waals surface area contributed by atoms with Gasteiger partial charge in [0.2, 0.25) is 0 Å². The summed E-state index contributed by atoms with van der Waals surface area (Å²) < 4.78 is 6.85. The molecule has 0 aliphatic rings. The van der Waals surface area contributed by atoms with Crippen LogP contribution in [0.3, 0.4) is 0 Å². The fourth-order valence-corrected chi connectivity index (χ4v) is 4.16. The lowest BCUT2D eigenvalue weighted by Crippen LogP contribution is -2.32. The maximum Gasteiger partial charge on any atom is 0.263 e. The summed E-state index contributed by atoms with van der Waals surface area (Å²) in [5, 5.41) is 8.52.